The molecule has 0 saturated carbocycles. The van der Waals surface area contributed by atoms with Gasteiger partial charge >= 0.3 is 5.97 Å². The van der Waals surface area contributed by atoms with E-state index in [0.717, 1.165) is 34.6 Å². The SMILES string of the molecule is CCCOc1ccc(C(Cc2ccc(OCC)cc2)C(=O)O)cc1C. The van der Waals surface area contributed by atoms with E-state index in [1.807, 2.05) is 56.3 Å². The summed E-state index contributed by atoms with van der Waals surface area (Å²) >= 11 is 0. The maximum absolute atomic E-state index is 11.8. The summed E-state index contributed by atoms with van der Waals surface area (Å²) in [6.07, 6.45) is 1.38. The van der Waals surface area contributed by atoms with Gasteiger partial charge in [-0.2, -0.15) is 0 Å². The topological polar surface area (TPSA) is 55.8 Å². The quantitative estimate of drug-likeness (QED) is 0.724. The van der Waals surface area contributed by atoms with E-state index in [1.54, 1.807) is 0 Å². The van der Waals surface area contributed by atoms with E-state index in [-0.39, 0.29) is 0 Å². The molecule has 1 N–H and O–H groups in total. The zero-order valence-electron chi connectivity index (χ0n) is 15.1. The number of carbonyl (C=O) groups is 1. The van der Waals surface area contributed by atoms with Gasteiger partial charge in [0.2, 0.25) is 0 Å². The molecule has 0 spiro atoms. The van der Waals surface area contributed by atoms with Gasteiger partial charge in [-0.3, -0.25) is 4.79 Å². The van der Waals surface area contributed by atoms with Crippen LogP contribution in [0.5, 0.6) is 11.5 Å². The van der Waals surface area contributed by atoms with E-state index in [9.17, 15) is 9.90 Å². The Labute approximate surface area is 149 Å². The molecule has 2 aromatic rings. The molecule has 0 radical (unpaired) electrons. The number of hydrogen-bond donors (Lipinski definition) is 1. The molecule has 25 heavy (non-hydrogen) atoms. The van der Waals surface area contributed by atoms with Crippen molar-refractivity contribution >= 4 is 5.97 Å². The fourth-order valence-electron chi connectivity index (χ4n) is 2.74. The summed E-state index contributed by atoms with van der Waals surface area (Å²) in [6.45, 7) is 7.22. The van der Waals surface area contributed by atoms with Crippen LogP contribution in [0.3, 0.4) is 0 Å². The second kappa shape index (κ2) is 9.11. The Morgan fingerprint density at radius 2 is 1.80 bits per heavy atom. The first kappa shape index (κ1) is 18.8. The molecule has 0 aliphatic rings. The van der Waals surface area contributed by atoms with Crippen molar-refractivity contribution in [3.8, 4) is 11.5 Å². The molecule has 2 rings (SSSR count). The van der Waals surface area contributed by atoms with Gasteiger partial charge in [-0.1, -0.05) is 31.2 Å². The molecule has 0 bridgehead atoms. The first-order valence-electron chi connectivity index (χ1n) is 8.73. The van der Waals surface area contributed by atoms with Gasteiger partial charge in [-0.05, 0) is 61.6 Å². The summed E-state index contributed by atoms with van der Waals surface area (Å²) < 4.78 is 11.1. The molecule has 1 unspecified atom stereocenters. The van der Waals surface area contributed by atoms with E-state index in [1.165, 1.54) is 0 Å². The maximum Gasteiger partial charge on any atom is 0.311 e. The molecule has 0 heterocycles. The standard InChI is InChI=1S/C21H26O4/c1-4-12-25-20-11-8-17(13-15(20)3)19(21(22)23)14-16-6-9-18(10-7-16)24-5-2/h6-11,13,19H,4-5,12,14H2,1-3H3,(H,22,23). The minimum Gasteiger partial charge on any atom is -0.494 e. The van der Waals surface area contributed by atoms with Crippen molar-refractivity contribution in [3.05, 3.63) is 59.2 Å². The molecule has 0 aliphatic carbocycles. The van der Waals surface area contributed by atoms with Gasteiger partial charge in [-0.25, -0.2) is 0 Å². The van der Waals surface area contributed by atoms with E-state index in [0.29, 0.717) is 19.6 Å². The molecule has 0 fully saturated rings. The predicted octanol–water partition coefficient (Wildman–Crippen LogP) is 4.59. The predicted molar refractivity (Wildman–Crippen MR) is 98.7 cm³/mol. The van der Waals surface area contributed by atoms with Crippen molar-refractivity contribution in [2.75, 3.05) is 13.2 Å². The molecule has 0 aromatic heterocycles. The molecule has 1 atom stereocenters. The third-order valence-electron chi connectivity index (χ3n) is 4.04. The van der Waals surface area contributed by atoms with E-state index >= 15 is 0 Å². The molecular weight excluding hydrogens is 316 g/mol. The van der Waals surface area contributed by atoms with Crippen molar-refractivity contribution in [1.82, 2.24) is 0 Å². The van der Waals surface area contributed by atoms with Crippen LogP contribution in [0.1, 0.15) is 42.9 Å². The van der Waals surface area contributed by atoms with Crippen molar-refractivity contribution in [2.24, 2.45) is 0 Å². The number of aryl methyl sites for hydroxylation is 1. The summed E-state index contributed by atoms with van der Waals surface area (Å²) in [7, 11) is 0. The lowest BCUT2D eigenvalue weighted by atomic mass is 9.91. The summed E-state index contributed by atoms with van der Waals surface area (Å²) in [5.74, 6) is 0.203. The average molecular weight is 342 g/mol. The van der Waals surface area contributed by atoms with Crippen molar-refractivity contribution < 1.29 is 19.4 Å². The lowest BCUT2D eigenvalue weighted by Crippen LogP contribution is -2.15. The second-order valence-corrected chi connectivity index (χ2v) is 6.05. The van der Waals surface area contributed by atoms with Crippen molar-refractivity contribution in [2.45, 2.75) is 39.5 Å². The normalized spacial score (nSPS) is 11.8. The van der Waals surface area contributed by atoms with Crippen LogP contribution in [-0.4, -0.2) is 24.3 Å². The van der Waals surface area contributed by atoms with E-state index in [4.69, 9.17) is 9.47 Å². The highest BCUT2D eigenvalue weighted by Crippen LogP contribution is 2.27. The first-order valence-corrected chi connectivity index (χ1v) is 8.73. The van der Waals surface area contributed by atoms with Crippen LogP contribution >= 0.6 is 0 Å². The molecule has 0 saturated heterocycles. The fourth-order valence-corrected chi connectivity index (χ4v) is 2.74. The lowest BCUT2D eigenvalue weighted by molar-refractivity contribution is -0.138. The largest absolute Gasteiger partial charge is 0.494 e. The van der Waals surface area contributed by atoms with Gasteiger partial charge in [0.05, 0.1) is 19.1 Å². The van der Waals surface area contributed by atoms with Crippen LogP contribution in [0.2, 0.25) is 0 Å². The highest BCUT2D eigenvalue weighted by atomic mass is 16.5. The zero-order valence-corrected chi connectivity index (χ0v) is 15.1. The number of benzene rings is 2. The van der Waals surface area contributed by atoms with Gasteiger partial charge in [-0.15, -0.1) is 0 Å². The van der Waals surface area contributed by atoms with E-state index < -0.39 is 11.9 Å². The van der Waals surface area contributed by atoms with Crippen LogP contribution < -0.4 is 9.47 Å². The van der Waals surface area contributed by atoms with Crippen LogP contribution in [0.25, 0.3) is 0 Å². The molecular formula is C21H26O4. The van der Waals surface area contributed by atoms with Crippen LogP contribution in [0.4, 0.5) is 0 Å². The van der Waals surface area contributed by atoms with Gasteiger partial charge in [0.25, 0.3) is 0 Å². The lowest BCUT2D eigenvalue weighted by Gasteiger charge is -2.16. The second-order valence-electron chi connectivity index (χ2n) is 6.05. The summed E-state index contributed by atoms with van der Waals surface area (Å²) in [4.78, 5) is 11.8. The van der Waals surface area contributed by atoms with Gasteiger partial charge in [0.1, 0.15) is 11.5 Å². The number of aliphatic carboxylic acids is 1. The van der Waals surface area contributed by atoms with Crippen LogP contribution in [0, 0.1) is 6.92 Å². The molecule has 4 heteroatoms. The highest BCUT2D eigenvalue weighted by molar-refractivity contribution is 5.76. The summed E-state index contributed by atoms with van der Waals surface area (Å²) in [5, 5.41) is 9.67. The number of ether oxygens (including phenoxy) is 2. The third-order valence-corrected chi connectivity index (χ3v) is 4.04. The minimum absolute atomic E-state index is 0.441. The maximum atomic E-state index is 11.8. The Bertz CT molecular complexity index is 692. The highest BCUT2D eigenvalue weighted by Gasteiger charge is 2.21. The van der Waals surface area contributed by atoms with Crippen LogP contribution in [0.15, 0.2) is 42.5 Å². The molecule has 0 aliphatic heterocycles. The Hall–Kier alpha value is -2.49. The number of rotatable bonds is 9. The number of carboxylic acids is 1. The van der Waals surface area contributed by atoms with Crippen molar-refractivity contribution in [3.63, 3.8) is 0 Å². The Morgan fingerprint density at radius 1 is 1.08 bits per heavy atom. The first-order chi connectivity index (χ1) is 12.0. The minimum atomic E-state index is -0.824. The smallest absolute Gasteiger partial charge is 0.311 e. The van der Waals surface area contributed by atoms with Gasteiger partial charge in [0.15, 0.2) is 0 Å². The summed E-state index contributed by atoms with van der Waals surface area (Å²) in [6, 6.07) is 13.2. The zero-order chi connectivity index (χ0) is 18.2. The van der Waals surface area contributed by atoms with Gasteiger partial charge in [0, 0.05) is 0 Å². The number of carboxylic acid groups (broad SMARTS) is 1. The summed E-state index contributed by atoms with van der Waals surface area (Å²) in [5.41, 5.74) is 2.73. The fraction of sp³-hybridized carbons (Fsp3) is 0.381. The average Bonchev–Trinajstić information content (AvgIpc) is 2.60. The van der Waals surface area contributed by atoms with Crippen LogP contribution in [-0.2, 0) is 11.2 Å². The molecule has 4 nitrogen and oxygen atoms in total. The molecule has 134 valence electrons. The Morgan fingerprint density at radius 3 is 2.36 bits per heavy atom. The molecule has 2 aromatic carbocycles. The number of hydrogen-bond acceptors (Lipinski definition) is 3. The van der Waals surface area contributed by atoms with Gasteiger partial charge < -0.3 is 14.6 Å². The third kappa shape index (κ3) is 5.24. The van der Waals surface area contributed by atoms with Crippen molar-refractivity contribution in [1.29, 1.82) is 0 Å². The monoisotopic (exact) mass is 342 g/mol. The molecule has 0 amide bonds. The Balaban J connectivity index is 2.17. The van der Waals surface area contributed by atoms with E-state index in [2.05, 4.69) is 6.92 Å². The Kier molecular flexibility index (Phi) is 6.87.